The third kappa shape index (κ3) is 4.64. The van der Waals surface area contributed by atoms with Crippen molar-refractivity contribution in [3.63, 3.8) is 0 Å². The van der Waals surface area contributed by atoms with Gasteiger partial charge in [0.1, 0.15) is 6.04 Å². The second kappa shape index (κ2) is 5.50. The second-order valence-electron chi connectivity index (χ2n) is 2.15. The number of carbonyl (C=O) groups excluding carboxylic acids is 1. The maximum atomic E-state index is 10.5. The first kappa shape index (κ1) is 10.9. The molecule has 0 amide bonds. The molecule has 6 heteroatoms. The van der Waals surface area contributed by atoms with Gasteiger partial charge in [-0.3, -0.25) is 9.59 Å². The van der Waals surface area contributed by atoms with Crippen molar-refractivity contribution in [1.29, 1.82) is 0 Å². The third-order valence-corrected chi connectivity index (χ3v) is 1.18. The Labute approximate surface area is 69.7 Å². The monoisotopic (exact) mass is 176 g/mol. The molecule has 12 heavy (non-hydrogen) atoms. The molecule has 0 spiro atoms. The number of aliphatic carboxylic acids is 1. The number of hydrogen-bond acceptors (Lipinski definition) is 5. The average Bonchev–Trinajstić information content (AvgIpc) is 2.03. The standard InChI is InChI=1S/C6H12N2O4/c1-12-5(9)3-8-2-4(7)6(10)11/h4,8H,2-3,7H2,1H3,(H,10,11). The van der Waals surface area contributed by atoms with Gasteiger partial charge in [0.05, 0.1) is 13.7 Å². The van der Waals surface area contributed by atoms with E-state index in [9.17, 15) is 9.59 Å². The fraction of sp³-hybridized carbons (Fsp3) is 0.667. The minimum atomic E-state index is -1.10. The molecule has 0 aliphatic heterocycles. The van der Waals surface area contributed by atoms with Crippen LogP contribution in [0.25, 0.3) is 0 Å². The van der Waals surface area contributed by atoms with E-state index < -0.39 is 18.0 Å². The Morgan fingerprint density at radius 1 is 1.67 bits per heavy atom. The molecular formula is C6H12N2O4. The van der Waals surface area contributed by atoms with Crippen LogP contribution in [-0.2, 0) is 14.3 Å². The molecule has 0 aliphatic carbocycles. The maximum Gasteiger partial charge on any atom is 0.321 e. The average molecular weight is 176 g/mol. The number of rotatable bonds is 5. The summed E-state index contributed by atoms with van der Waals surface area (Å²) >= 11 is 0. The van der Waals surface area contributed by atoms with Gasteiger partial charge in [-0.25, -0.2) is 0 Å². The normalized spacial score (nSPS) is 12.2. The highest BCUT2D eigenvalue weighted by atomic mass is 16.5. The van der Waals surface area contributed by atoms with E-state index in [1.807, 2.05) is 0 Å². The van der Waals surface area contributed by atoms with Gasteiger partial charge in [0.2, 0.25) is 0 Å². The number of carbonyl (C=O) groups is 2. The highest BCUT2D eigenvalue weighted by molar-refractivity contribution is 5.74. The van der Waals surface area contributed by atoms with Crippen LogP contribution in [0.3, 0.4) is 0 Å². The number of nitrogens with two attached hydrogens (primary N) is 1. The van der Waals surface area contributed by atoms with Gasteiger partial charge >= 0.3 is 11.9 Å². The number of carboxylic acid groups (broad SMARTS) is 1. The number of hydrogen-bond donors (Lipinski definition) is 3. The summed E-state index contributed by atoms with van der Waals surface area (Å²) in [7, 11) is 1.25. The topological polar surface area (TPSA) is 102 Å². The predicted octanol–water partition coefficient (Wildman–Crippen LogP) is -1.84. The molecule has 0 saturated carbocycles. The lowest BCUT2D eigenvalue weighted by Crippen LogP contribution is -2.41. The maximum absolute atomic E-state index is 10.5. The van der Waals surface area contributed by atoms with Crippen molar-refractivity contribution in [2.75, 3.05) is 20.2 Å². The molecule has 0 heterocycles. The van der Waals surface area contributed by atoms with Crippen LogP contribution >= 0.6 is 0 Å². The summed E-state index contributed by atoms with van der Waals surface area (Å²) in [6.45, 7) is 0.0158. The largest absolute Gasteiger partial charge is 0.480 e. The molecule has 0 saturated heterocycles. The zero-order valence-corrected chi connectivity index (χ0v) is 6.74. The SMILES string of the molecule is COC(=O)CNCC(N)C(=O)O. The van der Waals surface area contributed by atoms with Crippen molar-refractivity contribution in [1.82, 2.24) is 5.32 Å². The van der Waals surface area contributed by atoms with Crippen molar-refractivity contribution in [3.05, 3.63) is 0 Å². The molecule has 70 valence electrons. The van der Waals surface area contributed by atoms with Crippen LogP contribution in [0.1, 0.15) is 0 Å². The van der Waals surface area contributed by atoms with E-state index in [0.29, 0.717) is 0 Å². The van der Waals surface area contributed by atoms with Gasteiger partial charge in [0.25, 0.3) is 0 Å². The van der Waals surface area contributed by atoms with E-state index in [1.165, 1.54) is 7.11 Å². The number of nitrogens with one attached hydrogen (secondary N) is 1. The van der Waals surface area contributed by atoms with Crippen LogP contribution in [0, 0.1) is 0 Å². The van der Waals surface area contributed by atoms with Crippen LogP contribution < -0.4 is 11.1 Å². The Bertz CT molecular complexity index is 171. The number of esters is 1. The van der Waals surface area contributed by atoms with Gasteiger partial charge in [0, 0.05) is 6.54 Å². The van der Waals surface area contributed by atoms with E-state index in [2.05, 4.69) is 10.1 Å². The molecule has 6 nitrogen and oxygen atoms in total. The van der Waals surface area contributed by atoms with Crippen molar-refractivity contribution in [2.45, 2.75) is 6.04 Å². The fourth-order valence-corrected chi connectivity index (χ4v) is 0.489. The van der Waals surface area contributed by atoms with Crippen molar-refractivity contribution < 1.29 is 19.4 Å². The Balaban J connectivity index is 3.43. The predicted molar refractivity (Wildman–Crippen MR) is 40.5 cm³/mol. The zero-order valence-electron chi connectivity index (χ0n) is 6.74. The lowest BCUT2D eigenvalue weighted by molar-refractivity contribution is -0.141. The summed E-state index contributed by atoms with van der Waals surface area (Å²) in [5.74, 6) is -1.56. The zero-order chi connectivity index (χ0) is 9.56. The van der Waals surface area contributed by atoms with Crippen LogP contribution in [0.2, 0.25) is 0 Å². The fourth-order valence-electron chi connectivity index (χ4n) is 0.489. The lowest BCUT2D eigenvalue weighted by Gasteiger charge is -2.06. The molecule has 0 aromatic rings. The van der Waals surface area contributed by atoms with E-state index in [1.54, 1.807) is 0 Å². The molecule has 1 unspecified atom stereocenters. The summed E-state index contributed by atoms with van der Waals surface area (Å²) in [6.07, 6.45) is 0. The smallest absolute Gasteiger partial charge is 0.321 e. The summed E-state index contributed by atoms with van der Waals surface area (Å²) in [5.41, 5.74) is 5.13. The van der Waals surface area contributed by atoms with Gasteiger partial charge in [0.15, 0.2) is 0 Å². The molecule has 0 aromatic heterocycles. The summed E-state index contributed by atoms with van der Waals surface area (Å²) in [5, 5.41) is 10.9. The highest BCUT2D eigenvalue weighted by Crippen LogP contribution is 1.76. The minimum absolute atomic E-state index is 0.0303. The van der Waals surface area contributed by atoms with Crippen molar-refractivity contribution >= 4 is 11.9 Å². The van der Waals surface area contributed by atoms with Crippen LogP contribution in [-0.4, -0.2) is 43.3 Å². The minimum Gasteiger partial charge on any atom is -0.480 e. The lowest BCUT2D eigenvalue weighted by atomic mass is 10.3. The van der Waals surface area contributed by atoms with Gasteiger partial charge in [-0.2, -0.15) is 0 Å². The first-order chi connectivity index (χ1) is 5.57. The summed E-state index contributed by atoms with van der Waals surface area (Å²) in [6, 6.07) is -0.991. The van der Waals surface area contributed by atoms with Gasteiger partial charge in [-0.1, -0.05) is 0 Å². The van der Waals surface area contributed by atoms with E-state index >= 15 is 0 Å². The molecule has 1 atom stereocenters. The van der Waals surface area contributed by atoms with Crippen molar-refractivity contribution in [3.8, 4) is 0 Å². The summed E-state index contributed by atoms with van der Waals surface area (Å²) < 4.78 is 4.30. The molecule has 0 rings (SSSR count). The first-order valence-electron chi connectivity index (χ1n) is 3.34. The van der Waals surface area contributed by atoms with Crippen molar-refractivity contribution in [2.24, 2.45) is 5.73 Å². The van der Waals surface area contributed by atoms with Crippen LogP contribution in [0.15, 0.2) is 0 Å². The Morgan fingerprint density at radius 3 is 2.67 bits per heavy atom. The van der Waals surface area contributed by atoms with E-state index in [-0.39, 0.29) is 13.1 Å². The Morgan fingerprint density at radius 2 is 2.25 bits per heavy atom. The third-order valence-electron chi connectivity index (χ3n) is 1.18. The number of carboxylic acids is 1. The molecular weight excluding hydrogens is 164 g/mol. The molecule has 0 fully saturated rings. The van der Waals surface area contributed by atoms with E-state index in [0.717, 1.165) is 0 Å². The quantitative estimate of drug-likeness (QED) is 0.425. The molecule has 0 radical (unpaired) electrons. The van der Waals surface area contributed by atoms with Crippen LogP contribution in [0.4, 0.5) is 0 Å². The molecule has 0 aromatic carbocycles. The van der Waals surface area contributed by atoms with E-state index in [4.69, 9.17) is 10.8 Å². The Kier molecular flexibility index (Phi) is 4.98. The highest BCUT2D eigenvalue weighted by Gasteiger charge is 2.10. The van der Waals surface area contributed by atoms with Gasteiger partial charge < -0.3 is 20.9 Å². The Hall–Kier alpha value is -1.14. The molecule has 0 aliphatic rings. The first-order valence-corrected chi connectivity index (χ1v) is 3.34. The summed E-state index contributed by atoms with van der Waals surface area (Å²) in [4.78, 5) is 20.7. The number of methoxy groups -OCH3 is 1. The van der Waals surface area contributed by atoms with Gasteiger partial charge in [-0.05, 0) is 0 Å². The molecule has 0 bridgehead atoms. The van der Waals surface area contributed by atoms with Crippen LogP contribution in [0.5, 0.6) is 0 Å². The van der Waals surface area contributed by atoms with Gasteiger partial charge in [-0.15, -0.1) is 0 Å². The molecule has 4 N–H and O–H groups in total. The second-order valence-corrected chi connectivity index (χ2v) is 2.15. The number of ether oxygens (including phenoxy) is 1.